The Morgan fingerprint density at radius 3 is 2.52 bits per heavy atom. The average Bonchev–Trinajstić information content (AvgIpc) is 2.83. The number of ether oxygens (including phenoxy) is 1. The number of benzene rings is 2. The molecule has 1 unspecified atom stereocenters. The maximum atomic E-state index is 12.1. The summed E-state index contributed by atoms with van der Waals surface area (Å²) in [5.41, 5.74) is 9.44. The molecule has 0 fully saturated rings. The molecule has 0 bridgehead atoms. The molecule has 0 heterocycles. The lowest BCUT2D eigenvalue weighted by molar-refractivity contribution is -0.174. The Morgan fingerprint density at radius 1 is 1.10 bits per heavy atom. The number of rotatable bonds is 4. The Bertz CT molecular complexity index is 656. The van der Waals surface area contributed by atoms with Crippen LogP contribution in [0, 0.1) is 0 Å². The third-order valence-electron chi connectivity index (χ3n) is 3.87. The van der Waals surface area contributed by atoms with Crippen molar-refractivity contribution in [2.75, 3.05) is 13.2 Å². The summed E-state index contributed by atoms with van der Waals surface area (Å²) in [4.78, 5) is 0. The van der Waals surface area contributed by atoms with Crippen molar-refractivity contribution in [3.63, 3.8) is 0 Å². The molecule has 0 aromatic heterocycles. The van der Waals surface area contributed by atoms with Gasteiger partial charge in [0.25, 0.3) is 0 Å². The van der Waals surface area contributed by atoms with Gasteiger partial charge in [-0.1, -0.05) is 30.3 Å². The molecule has 0 spiro atoms. The van der Waals surface area contributed by atoms with Crippen LogP contribution in [0.25, 0.3) is 10.8 Å². The molecular weight excluding hydrogens is 279 g/mol. The highest BCUT2D eigenvalue weighted by Crippen LogP contribution is 2.34. The highest BCUT2D eigenvalue weighted by molar-refractivity contribution is 5.93. The van der Waals surface area contributed by atoms with Crippen LogP contribution in [0.15, 0.2) is 30.3 Å². The summed E-state index contributed by atoms with van der Waals surface area (Å²) in [6, 6.07) is 9.42. The molecule has 0 saturated heterocycles. The van der Waals surface area contributed by atoms with Gasteiger partial charge in [0.05, 0.1) is 12.6 Å². The number of hydrogen-bond acceptors (Lipinski definition) is 2. The summed E-state index contributed by atoms with van der Waals surface area (Å²) in [5.74, 6) is 0. The van der Waals surface area contributed by atoms with Crippen LogP contribution in [0.1, 0.15) is 22.7 Å². The normalized spacial score (nSPS) is 15.6. The van der Waals surface area contributed by atoms with Crippen molar-refractivity contribution in [2.45, 2.75) is 25.1 Å². The molecule has 112 valence electrons. The van der Waals surface area contributed by atoms with E-state index in [0.29, 0.717) is 0 Å². The van der Waals surface area contributed by atoms with Crippen LogP contribution < -0.4 is 5.73 Å². The first-order chi connectivity index (χ1) is 9.96. The standard InChI is InChI=1S/C16H16F3NO/c17-16(18,19)9-21-8-14(20)12-7-6-11-5-4-10-2-1-3-13(12)15(10)11/h1-3,6-7,14H,4-5,8-9,20H2. The fourth-order valence-corrected chi connectivity index (χ4v) is 2.98. The monoisotopic (exact) mass is 295 g/mol. The minimum absolute atomic E-state index is 0.141. The van der Waals surface area contributed by atoms with E-state index in [1.54, 1.807) is 0 Å². The molecule has 0 aliphatic heterocycles. The minimum atomic E-state index is -4.32. The third kappa shape index (κ3) is 2.89. The number of hydrogen-bond donors (Lipinski definition) is 1. The van der Waals surface area contributed by atoms with Gasteiger partial charge in [-0.05, 0) is 40.3 Å². The summed E-state index contributed by atoms with van der Waals surface area (Å²) in [7, 11) is 0. The molecule has 0 amide bonds. The van der Waals surface area contributed by atoms with E-state index in [0.717, 1.165) is 23.8 Å². The van der Waals surface area contributed by atoms with Gasteiger partial charge >= 0.3 is 6.18 Å². The average molecular weight is 295 g/mol. The highest BCUT2D eigenvalue weighted by Gasteiger charge is 2.28. The van der Waals surface area contributed by atoms with E-state index in [1.807, 2.05) is 24.3 Å². The molecular formula is C16H16F3NO. The maximum absolute atomic E-state index is 12.1. The van der Waals surface area contributed by atoms with Crippen LogP contribution >= 0.6 is 0 Å². The minimum Gasteiger partial charge on any atom is -0.370 e. The van der Waals surface area contributed by atoms with Crippen LogP contribution in [0.4, 0.5) is 13.2 Å². The quantitative estimate of drug-likeness (QED) is 0.936. The summed E-state index contributed by atoms with van der Waals surface area (Å²) < 4.78 is 41.0. The van der Waals surface area contributed by atoms with Crippen LogP contribution in [-0.2, 0) is 17.6 Å². The van der Waals surface area contributed by atoms with Crippen molar-refractivity contribution < 1.29 is 17.9 Å². The summed E-state index contributed by atoms with van der Waals surface area (Å²) in [6.45, 7) is -1.40. The molecule has 2 N–H and O–H groups in total. The molecule has 0 saturated carbocycles. The highest BCUT2D eigenvalue weighted by atomic mass is 19.4. The molecule has 1 aliphatic carbocycles. The van der Waals surface area contributed by atoms with Gasteiger partial charge in [0.15, 0.2) is 0 Å². The van der Waals surface area contributed by atoms with Gasteiger partial charge in [-0.15, -0.1) is 0 Å². The largest absolute Gasteiger partial charge is 0.411 e. The van der Waals surface area contributed by atoms with Crippen molar-refractivity contribution >= 4 is 10.8 Å². The first-order valence-electron chi connectivity index (χ1n) is 6.89. The van der Waals surface area contributed by atoms with E-state index in [4.69, 9.17) is 5.73 Å². The van der Waals surface area contributed by atoms with Crippen LogP contribution in [0.3, 0.4) is 0 Å². The fraction of sp³-hybridized carbons (Fsp3) is 0.375. The van der Waals surface area contributed by atoms with Gasteiger partial charge in [0.2, 0.25) is 0 Å². The smallest absolute Gasteiger partial charge is 0.370 e. The zero-order valence-corrected chi connectivity index (χ0v) is 11.4. The first kappa shape index (κ1) is 14.4. The van der Waals surface area contributed by atoms with Gasteiger partial charge in [-0.2, -0.15) is 13.2 Å². The van der Waals surface area contributed by atoms with E-state index in [2.05, 4.69) is 10.8 Å². The van der Waals surface area contributed by atoms with Gasteiger partial charge in [0.1, 0.15) is 6.61 Å². The predicted octanol–water partition coefficient (Wildman–Crippen LogP) is 3.52. The molecule has 21 heavy (non-hydrogen) atoms. The van der Waals surface area contributed by atoms with Crippen LogP contribution in [0.5, 0.6) is 0 Å². The Morgan fingerprint density at radius 2 is 1.81 bits per heavy atom. The summed E-state index contributed by atoms with van der Waals surface area (Å²) in [5, 5.41) is 2.24. The molecule has 2 aromatic rings. The van der Waals surface area contributed by atoms with E-state index < -0.39 is 18.8 Å². The van der Waals surface area contributed by atoms with Crippen LogP contribution in [0.2, 0.25) is 0 Å². The predicted molar refractivity (Wildman–Crippen MR) is 75.2 cm³/mol. The maximum Gasteiger partial charge on any atom is 0.411 e. The van der Waals surface area contributed by atoms with E-state index in [9.17, 15) is 13.2 Å². The zero-order chi connectivity index (χ0) is 15.0. The van der Waals surface area contributed by atoms with Crippen molar-refractivity contribution in [3.8, 4) is 0 Å². The zero-order valence-electron chi connectivity index (χ0n) is 11.4. The lowest BCUT2D eigenvalue weighted by Gasteiger charge is -2.17. The van der Waals surface area contributed by atoms with Crippen molar-refractivity contribution in [2.24, 2.45) is 5.73 Å². The molecule has 2 aromatic carbocycles. The third-order valence-corrected chi connectivity index (χ3v) is 3.87. The lowest BCUT2D eigenvalue weighted by Crippen LogP contribution is -2.23. The van der Waals surface area contributed by atoms with E-state index in [1.165, 1.54) is 16.5 Å². The van der Waals surface area contributed by atoms with Crippen molar-refractivity contribution in [3.05, 3.63) is 47.0 Å². The van der Waals surface area contributed by atoms with E-state index in [-0.39, 0.29) is 6.61 Å². The second kappa shape index (κ2) is 5.31. The molecule has 3 rings (SSSR count). The van der Waals surface area contributed by atoms with Crippen molar-refractivity contribution in [1.29, 1.82) is 0 Å². The first-order valence-corrected chi connectivity index (χ1v) is 6.89. The Kier molecular flexibility index (Phi) is 3.63. The number of nitrogens with two attached hydrogens (primary N) is 1. The SMILES string of the molecule is NC(COCC(F)(F)F)c1ccc2c3c(cccc13)CC2. The Labute approximate surface area is 120 Å². The molecule has 1 atom stereocenters. The Balaban J connectivity index is 1.84. The molecule has 1 aliphatic rings. The van der Waals surface area contributed by atoms with E-state index >= 15 is 0 Å². The number of halogens is 3. The lowest BCUT2D eigenvalue weighted by atomic mass is 9.96. The van der Waals surface area contributed by atoms with Gasteiger partial charge < -0.3 is 10.5 Å². The fourth-order valence-electron chi connectivity index (χ4n) is 2.98. The second-order valence-electron chi connectivity index (χ2n) is 5.39. The summed E-state index contributed by atoms with van der Waals surface area (Å²) in [6.07, 6.45) is -2.30. The van der Waals surface area contributed by atoms with Gasteiger partial charge in [-0.3, -0.25) is 0 Å². The number of alkyl halides is 3. The van der Waals surface area contributed by atoms with Gasteiger partial charge in [0, 0.05) is 0 Å². The molecule has 2 nitrogen and oxygen atoms in total. The summed E-state index contributed by atoms with van der Waals surface area (Å²) >= 11 is 0. The molecule has 5 heteroatoms. The second-order valence-corrected chi connectivity index (χ2v) is 5.39. The van der Waals surface area contributed by atoms with Crippen LogP contribution in [-0.4, -0.2) is 19.4 Å². The van der Waals surface area contributed by atoms with Crippen molar-refractivity contribution in [1.82, 2.24) is 0 Å². The molecule has 0 radical (unpaired) electrons. The number of aryl methyl sites for hydroxylation is 2. The topological polar surface area (TPSA) is 35.2 Å². The van der Waals surface area contributed by atoms with Gasteiger partial charge in [-0.25, -0.2) is 0 Å². The Hall–Kier alpha value is -1.59.